The molecule has 1 saturated heterocycles. The van der Waals surface area contributed by atoms with Crippen molar-refractivity contribution in [3.63, 3.8) is 0 Å². The zero-order chi connectivity index (χ0) is 12.3. The van der Waals surface area contributed by atoms with Crippen LogP contribution in [-0.2, 0) is 4.79 Å². The number of para-hydroxylation sites is 1. The second-order valence-electron chi connectivity index (χ2n) is 4.62. The van der Waals surface area contributed by atoms with Crippen LogP contribution in [0.5, 0.6) is 0 Å². The molecule has 1 aliphatic heterocycles. The summed E-state index contributed by atoms with van der Waals surface area (Å²) >= 11 is 0. The third-order valence-electron chi connectivity index (χ3n) is 3.30. The molecule has 0 atom stereocenters. The highest BCUT2D eigenvalue weighted by molar-refractivity contribution is 5.68. The first-order valence-electron chi connectivity index (χ1n) is 5.83. The van der Waals surface area contributed by atoms with E-state index in [-0.39, 0.29) is 6.42 Å². The highest BCUT2D eigenvalue weighted by atomic mass is 16.4. The third kappa shape index (κ3) is 2.97. The van der Waals surface area contributed by atoms with Gasteiger partial charge in [-0.15, -0.1) is 0 Å². The molecule has 0 spiro atoms. The van der Waals surface area contributed by atoms with E-state index in [1.807, 2.05) is 30.3 Å². The summed E-state index contributed by atoms with van der Waals surface area (Å²) in [5.41, 5.74) is 0.0989. The van der Waals surface area contributed by atoms with Crippen LogP contribution in [-0.4, -0.2) is 34.9 Å². The van der Waals surface area contributed by atoms with Crippen molar-refractivity contribution in [3.05, 3.63) is 30.3 Å². The molecular formula is C13H17NO3. The fourth-order valence-corrected chi connectivity index (χ4v) is 2.28. The Bertz CT molecular complexity index is 383. The first-order valence-corrected chi connectivity index (χ1v) is 5.83. The number of aliphatic carboxylic acids is 1. The summed E-state index contributed by atoms with van der Waals surface area (Å²) in [6.45, 7) is 1.40. The molecule has 0 saturated carbocycles. The van der Waals surface area contributed by atoms with Gasteiger partial charge in [-0.3, -0.25) is 4.79 Å². The Morgan fingerprint density at radius 1 is 1.24 bits per heavy atom. The van der Waals surface area contributed by atoms with Gasteiger partial charge in [0.05, 0.1) is 12.0 Å². The van der Waals surface area contributed by atoms with Crippen LogP contribution in [0.4, 0.5) is 5.69 Å². The molecule has 17 heavy (non-hydrogen) atoms. The first-order chi connectivity index (χ1) is 8.09. The van der Waals surface area contributed by atoms with E-state index < -0.39 is 11.6 Å². The molecule has 0 amide bonds. The minimum atomic E-state index is -1.03. The van der Waals surface area contributed by atoms with Crippen LogP contribution in [0.2, 0.25) is 0 Å². The van der Waals surface area contributed by atoms with Crippen molar-refractivity contribution in [2.24, 2.45) is 0 Å². The van der Waals surface area contributed by atoms with Gasteiger partial charge < -0.3 is 15.1 Å². The SMILES string of the molecule is O=C(O)CC1(O)CCN(c2ccccc2)CC1. The van der Waals surface area contributed by atoms with Crippen LogP contribution in [0.15, 0.2) is 30.3 Å². The number of aliphatic hydroxyl groups is 1. The molecule has 92 valence electrons. The Kier molecular flexibility index (Phi) is 3.33. The number of nitrogens with zero attached hydrogens (tertiary/aromatic N) is 1. The molecule has 0 unspecified atom stereocenters. The predicted octanol–water partition coefficient (Wildman–Crippen LogP) is 1.49. The van der Waals surface area contributed by atoms with Gasteiger partial charge in [-0.1, -0.05) is 18.2 Å². The number of hydrogen-bond acceptors (Lipinski definition) is 3. The quantitative estimate of drug-likeness (QED) is 0.833. The zero-order valence-corrected chi connectivity index (χ0v) is 9.67. The Morgan fingerprint density at radius 2 is 1.82 bits per heavy atom. The standard InChI is InChI=1S/C13H17NO3/c15-12(16)10-13(17)6-8-14(9-7-13)11-4-2-1-3-5-11/h1-5,17H,6-10H2,(H,15,16). The van der Waals surface area contributed by atoms with E-state index in [2.05, 4.69) is 4.90 Å². The summed E-state index contributed by atoms with van der Waals surface area (Å²) in [6, 6.07) is 9.98. The van der Waals surface area contributed by atoms with E-state index in [1.54, 1.807) is 0 Å². The summed E-state index contributed by atoms with van der Waals surface area (Å²) in [7, 11) is 0. The molecule has 1 aromatic carbocycles. The highest BCUT2D eigenvalue weighted by Gasteiger charge is 2.34. The second kappa shape index (κ2) is 4.75. The molecule has 0 aliphatic carbocycles. The van der Waals surface area contributed by atoms with E-state index in [0.717, 1.165) is 5.69 Å². The number of benzene rings is 1. The average molecular weight is 235 g/mol. The van der Waals surface area contributed by atoms with Gasteiger partial charge in [-0.05, 0) is 25.0 Å². The lowest BCUT2D eigenvalue weighted by Crippen LogP contribution is -2.45. The van der Waals surface area contributed by atoms with Crippen molar-refractivity contribution in [3.8, 4) is 0 Å². The molecule has 0 bridgehead atoms. The molecule has 1 heterocycles. The smallest absolute Gasteiger partial charge is 0.306 e. The van der Waals surface area contributed by atoms with Gasteiger partial charge in [0.2, 0.25) is 0 Å². The largest absolute Gasteiger partial charge is 0.481 e. The van der Waals surface area contributed by atoms with Gasteiger partial charge in [0, 0.05) is 18.8 Å². The van der Waals surface area contributed by atoms with Gasteiger partial charge in [0.1, 0.15) is 0 Å². The van der Waals surface area contributed by atoms with Crippen molar-refractivity contribution in [2.75, 3.05) is 18.0 Å². The average Bonchev–Trinajstić information content (AvgIpc) is 2.29. The van der Waals surface area contributed by atoms with E-state index in [0.29, 0.717) is 25.9 Å². The van der Waals surface area contributed by atoms with Crippen molar-refractivity contribution in [2.45, 2.75) is 24.9 Å². The summed E-state index contributed by atoms with van der Waals surface area (Å²) in [5, 5.41) is 18.8. The van der Waals surface area contributed by atoms with E-state index in [4.69, 9.17) is 5.11 Å². The minimum Gasteiger partial charge on any atom is -0.481 e. The first kappa shape index (κ1) is 11.9. The normalized spacial score (nSPS) is 19.0. The maximum atomic E-state index is 10.7. The number of carbonyl (C=O) groups is 1. The summed E-state index contributed by atoms with van der Waals surface area (Å²) in [6.07, 6.45) is 0.859. The van der Waals surface area contributed by atoms with Crippen molar-refractivity contribution in [1.29, 1.82) is 0 Å². The zero-order valence-electron chi connectivity index (χ0n) is 9.67. The number of carboxylic acid groups (broad SMARTS) is 1. The van der Waals surface area contributed by atoms with Crippen molar-refractivity contribution >= 4 is 11.7 Å². The second-order valence-corrected chi connectivity index (χ2v) is 4.62. The topological polar surface area (TPSA) is 60.8 Å². The van der Waals surface area contributed by atoms with E-state index >= 15 is 0 Å². The van der Waals surface area contributed by atoms with Gasteiger partial charge in [-0.2, -0.15) is 0 Å². The number of rotatable bonds is 3. The van der Waals surface area contributed by atoms with Gasteiger partial charge in [0.25, 0.3) is 0 Å². The predicted molar refractivity (Wildman–Crippen MR) is 65.1 cm³/mol. The molecule has 2 N–H and O–H groups in total. The lowest BCUT2D eigenvalue weighted by molar-refractivity contribution is -0.143. The maximum Gasteiger partial charge on any atom is 0.306 e. The number of piperidine rings is 1. The lowest BCUT2D eigenvalue weighted by Gasteiger charge is -2.38. The van der Waals surface area contributed by atoms with Gasteiger partial charge in [-0.25, -0.2) is 0 Å². The fraction of sp³-hybridized carbons (Fsp3) is 0.462. The van der Waals surface area contributed by atoms with E-state index in [9.17, 15) is 9.90 Å². The summed E-state index contributed by atoms with van der Waals surface area (Å²) < 4.78 is 0. The monoisotopic (exact) mass is 235 g/mol. The van der Waals surface area contributed by atoms with Crippen LogP contribution in [0, 0.1) is 0 Å². The Morgan fingerprint density at radius 3 is 2.35 bits per heavy atom. The lowest BCUT2D eigenvalue weighted by atomic mass is 9.88. The van der Waals surface area contributed by atoms with Crippen LogP contribution < -0.4 is 4.90 Å². The molecule has 1 fully saturated rings. The molecule has 0 aromatic heterocycles. The summed E-state index contributed by atoms with van der Waals surface area (Å²) in [4.78, 5) is 12.8. The van der Waals surface area contributed by atoms with Gasteiger partial charge in [0.15, 0.2) is 0 Å². The Balaban J connectivity index is 1.96. The number of carboxylic acids is 1. The molecule has 1 aliphatic rings. The minimum absolute atomic E-state index is 0.157. The fourth-order valence-electron chi connectivity index (χ4n) is 2.28. The number of anilines is 1. The summed E-state index contributed by atoms with van der Waals surface area (Å²) in [5.74, 6) is -0.930. The Hall–Kier alpha value is -1.55. The molecule has 2 rings (SSSR count). The third-order valence-corrected chi connectivity index (χ3v) is 3.30. The number of hydrogen-bond donors (Lipinski definition) is 2. The molecule has 0 radical (unpaired) electrons. The highest BCUT2D eigenvalue weighted by Crippen LogP contribution is 2.28. The van der Waals surface area contributed by atoms with Crippen LogP contribution >= 0.6 is 0 Å². The van der Waals surface area contributed by atoms with Gasteiger partial charge >= 0.3 is 5.97 Å². The molecule has 4 nitrogen and oxygen atoms in total. The molecule has 4 heteroatoms. The molecular weight excluding hydrogens is 218 g/mol. The van der Waals surface area contributed by atoms with Crippen LogP contribution in [0.3, 0.4) is 0 Å². The maximum absolute atomic E-state index is 10.7. The van der Waals surface area contributed by atoms with Crippen molar-refractivity contribution < 1.29 is 15.0 Å². The van der Waals surface area contributed by atoms with Crippen LogP contribution in [0.25, 0.3) is 0 Å². The Labute approximate surface area is 100 Å². The van der Waals surface area contributed by atoms with E-state index in [1.165, 1.54) is 0 Å². The van der Waals surface area contributed by atoms with Crippen LogP contribution in [0.1, 0.15) is 19.3 Å². The molecule has 1 aromatic rings. The van der Waals surface area contributed by atoms with Crippen molar-refractivity contribution in [1.82, 2.24) is 0 Å².